The summed E-state index contributed by atoms with van der Waals surface area (Å²) in [5.41, 5.74) is 12.9. The van der Waals surface area contributed by atoms with Crippen LogP contribution in [0.25, 0.3) is 6.08 Å². The van der Waals surface area contributed by atoms with E-state index in [4.69, 9.17) is 27.0 Å². The van der Waals surface area contributed by atoms with E-state index in [-0.39, 0.29) is 35.5 Å². The molecule has 1 aliphatic heterocycles. The number of carboxylic acid groups (broad SMARTS) is 1. The van der Waals surface area contributed by atoms with Gasteiger partial charge in [-0.1, -0.05) is 30.4 Å². The highest BCUT2D eigenvalue weighted by atomic mass is 32.2. The minimum atomic E-state index is -4.35. The zero-order chi connectivity index (χ0) is 29.6. The quantitative estimate of drug-likeness (QED) is 0.199. The normalized spacial score (nSPS) is 14.2. The number of piperidine rings is 1. The zero-order valence-electron chi connectivity index (χ0n) is 22.4. The highest BCUT2D eigenvalue weighted by Crippen LogP contribution is 2.33. The van der Waals surface area contributed by atoms with Crippen LogP contribution in [-0.4, -0.2) is 73.5 Å². The number of nitrogens with two attached hydrogens (primary N) is 2. The molecule has 1 heterocycles. The van der Waals surface area contributed by atoms with Gasteiger partial charge >= 0.3 is 5.97 Å². The number of aryl methyl sites for hydroxylation is 1. The molecule has 0 aliphatic carbocycles. The average Bonchev–Trinajstić information content (AvgIpc) is 2.87. The first-order valence-corrected chi connectivity index (χ1v) is 14.1. The number of ether oxygens (including phenoxy) is 1. The molecule has 2 aromatic rings. The fourth-order valence-electron chi connectivity index (χ4n) is 4.42. The Morgan fingerprint density at radius 1 is 1.18 bits per heavy atom. The molecule has 214 valence electrons. The van der Waals surface area contributed by atoms with Crippen LogP contribution in [-0.2, 0) is 14.8 Å². The van der Waals surface area contributed by atoms with Gasteiger partial charge in [0.2, 0.25) is 10.0 Å². The summed E-state index contributed by atoms with van der Waals surface area (Å²) in [6.07, 6.45) is 4.19. The number of anilines is 1. The number of nitrogens with zero attached hydrogens (tertiary/aromatic N) is 2. The number of benzene rings is 2. The van der Waals surface area contributed by atoms with Crippen LogP contribution in [0.2, 0.25) is 0 Å². The topological polar surface area (TPSA) is 204 Å². The number of amidine groups is 2. The van der Waals surface area contributed by atoms with Crippen LogP contribution in [0.15, 0.2) is 42.5 Å². The van der Waals surface area contributed by atoms with Crippen molar-refractivity contribution in [3.8, 4) is 5.75 Å². The van der Waals surface area contributed by atoms with E-state index < -0.39 is 27.7 Å². The molecule has 40 heavy (non-hydrogen) atoms. The molecular weight excluding hydrogens is 536 g/mol. The maximum Gasteiger partial charge on any atom is 0.320 e. The van der Waals surface area contributed by atoms with Crippen molar-refractivity contribution in [1.29, 1.82) is 10.8 Å². The van der Waals surface area contributed by atoms with Crippen molar-refractivity contribution in [1.82, 2.24) is 4.90 Å². The smallest absolute Gasteiger partial charge is 0.320 e. The predicted molar refractivity (Wildman–Crippen MR) is 154 cm³/mol. The van der Waals surface area contributed by atoms with Gasteiger partial charge in [-0.25, -0.2) is 8.42 Å². The zero-order valence-corrected chi connectivity index (χ0v) is 23.2. The fraction of sp³-hybridized carbons (Fsp3) is 0.333. The lowest BCUT2D eigenvalue weighted by Gasteiger charge is -2.33. The Labute approximate surface area is 233 Å². The summed E-state index contributed by atoms with van der Waals surface area (Å²) in [5.74, 6) is -2.91. The van der Waals surface area contributed by atoms with Gasteiger partial charge in [-0.2, -0.15) is 0 Å². The highest BCUT2D eigenvalue weighted by molar-refractivity contribution is 7.93. The Balaban J connectivity index is 1.95. The van der Waals surface area contributed by atoms with Gasteiger partial charge in [0.05, 0.1) is 23.6 Å². The molecule has 13 heteroatoms. The lowest BCUT2D eigenvalue weighted by atomic mass is 10.0. The largest absolute Gasteiger partial charge is 0.489 e. The molecule has 0 radical (unpaired) electrons. The molecule has 2 aromatic carbocycles. The molecule has 0 spiro atoms. The molecule has 12 nitrogen and oxygen atoms in total. The van der Waals surface area contributed by atoms with E-state index in [1.165, 1.54) is 18.2 Å². The van der Waals surface area contributed by atoms with Gasteiger partial charge in [0.25, 0.3) is 5.91 Å². The van der Waals surface area contributed by atoms with Crippen molar-refractivity contribution in [2.45, 2.75) is 32.8 Å². The molecule has 0 bridgehead atoms. The Morgan fingerprint density at radius 3 is 2.42 bits per heavy atom. The number of nitrogen functional groups attached to an aromatic ring is 1. The number of carbonyl (C=O) groups is 2. The number of carbonyl (C=O) groups excluding carboxylic acids is 1. The van der Waals surface area contributed by atoms with E-state index in [9.17, 15) is 23.1 Å². The van der Waals surface area contributed by atoms with Crippen molar-refractivity contribution in [2.75, 3.05) is 29.7 Å². The molecule has 1 aliphatic rings. The second-order valence-electron chi connectivity index (χ2n) is 9.52. The van der Waals surface area contributed by atoms with Gasteiger partial charge < -0.3 is 26.2 Å². The number of hydrogen-bond donors (Lipinski definition) is 5. The summed E-state index contributed by atoms with van der Waals surface area (Å²) < 4.78 is 33.3. The minimum Gasteiger partial charge on any atom is -0.489 e. The number of aliphatic carboxylic acids is 1. The van der Waals surface area contributed by atoms with E-state index in [1.54, 1.807) is 44.2 Å². The highest BCUT2D eigenvalue weighted by Gasteiger charge is 2.28. The van der Waals surface area contributed by atoms with Crippen LogP contribution >= 0.6 is 0 Å². The summed E-state index contributed by atoms with van der Waals surface area (Å²) in [4.78, 5) is 25.7. The minimum absolute atomic E-state index is 0.0191. The van der Waals surface area contributed by atoms with Crippen LogP contribution in [0, 0.1) is 17.7 Å². The molecule has 1 fully saturated rings. The summed E-state index contributed by atoms with van der Waals surface area (Å²) in [6.45, 7) is 4.40. The summed E-state index contributed by atoms with van der Waals surface area (Å²) in [7, 11) is -4.35. The van der Waals surface area contributed by atoms with Crippen LogP contribution in [0.5, 0.6) is 5.75 Å². The number of carboxylic acids is 1. The number of sulfonamides is 1. The second-order valence-corrected chi connectivity index (χ2v) is 11.4. The predicted octanol–water partition coefficient (Wildman–Crippen LogP) is 2.15. The van der Waals surface area contributed by atoms with Gasteiger partial charge in [-0.15, -0.1) is 0 Å². The third kappa shape index (κ3) is 7.59. The fourth-order valence-corrected chi connectivity index (χ4v) is 5.63. The van der Waals surface area contributed by atoms with Crippen molar-refractivity contribution in [3.63, 3.8) is 0 Å². The molecule has 0 atom stereocenters. The van der Waals surface area contributed by atoms with Crippen LogP contribution in [0.1, 0.15) is 46.8 Å². The molecule has 0 saturated carbocycles. The van der Waals surface area contributed by atoms with E-state index in [1.807, 2.05) is 4.90 Å². The number of hydrogen-bond acceptors (Lipinski definition) is 7. The number of likely N-dealkylation sites (tertiary alicyclic amines) is 1. The Morgan fingerprint density at radius 2 is 1.85 bits per heavy atom. The van der Waals surface area contributed by atoms with Crippen molar-refractivity contribution < 1.29 is 27.9 Å². The SMILES string of the molecule is CC(=N)N1CCC(Oc2c(C)cc(N(C/C=C/c3cccc(C(=N)N)c3)S(=O)(=O)CC(=O)O)cc2C(N)=O)CC1. The lowest BCUT2D eigenvalue weighted by molar-refractivity contribution is -0.134. The van der Waals surface area contributed by atoms with Crippen LogP contribution in [0.3, 0.4) is 0 Å². The van der Waals surface area contributed by atoms with E-state index >= 15 is 0 Å². The Kier molecular flexibility index (Phi) is 9.53. The monoisotopic (exact) mass is 570 g/mol. The van der Waals surface area contributed by atoms with Gasteiger partial charge in [0.15, 0.2) is 5.75 Å². The van der Waals surface area contributed by atoms with Gasteiger partial charge in [0.1, 0.15) is 17.7 Å². The standard InChI is InChI=1S/C27H34N6O6S/c1-17-13-21(15-23(27(31)36)25(17)39-22-8-11-32(12-9-22)18(2)28)33(40(37,38)16-24(34)35)10-4-6-19-5-3-7-20(14-19)26(29)30/h3-7,13-15,22,28H,8-12,16H2,1-2H3,(H3,29,30)(H2,31,36)(H,34,35)/b6-4+,28-18?. The van der Waals surface area contributed by atoms with Crippen molar-refractivity contribution in [3.05, 3.63) is 64.7 Å². The maximum absolute atomic E-state index is 13.1. The number of amides is 1. The molecule has 0 unspecified atom stereocenters. The lowest BCUT2D eigenvalue weighted by Crippen LogP contribution is -2.40. The first kappa shape index (κ1) is 30.2. The second kappa shape index (κ2) is 12.6. The third-order valence-corrected chi connectivity index (χ3v) is 8.08. The maximum atomic E-state index is 13.1. The van der Waals surface area contributed by atoms with Gasteiger partial charge in [-0.05, 0) is 43.2 Å². The number of rotatable bonds is 11. The van der Waals surface area contributed by atoms with Crippen molar-refractivity contribution >= 4 is 45.3 Å². The Hall–Kier alpha value is -4.39. The van der Waals surface area contributed by atoms with Crippen LogP contribution < -0.4 is 20.5 Å². The first-order valence-electron chi connectivity index (χ1n) is 12.5. The third-order valence-electron chi connectivity index (χ3n) is 6.43. The van der Waals surface area contributed by atoms with E-state index in [0.717, 1.165) is 4.31 Å². The summed E-state index contributed by atoms with van der Waals surface area (Å²) in [5, 5.41) is 24.6. The molecule has 1 amide bonds. The van der Waals surface area contributed by atoms with Gasteiger partial charge in [-0.3, -0.25) is 24.7 Å². The van der Waals surface area contributed by atoms with Gasteiger partial charge in [0, 0.05) is 31.5 Å². The first-order chi connectivity index (χ1) is 18.8. The van der Waals surface area contributed by atoms with Crippen LogP contribution in [0.4, 0.5) is 5.69 Å². The molecular formula is C27H34N6O6S. The summed E-state index contributed by atoms with van der Waals surface area (Å²) in [6, 6.07) is 9.58. The number of nitrogens with one attached hydrogen (secondary N) is 2. The molecule has 1 saturated heterocycles. The average molecular weight is 571 g/mol. The molecule has 3 rings (SSSR count). The summed E-state index contributed by atoms with van der Waals surface area (Å²) >= 11 is 0. The van der Waals surface area contributed by atoms with E-state index in [0.29, 0.717) is 48.5 Å². The van der Waals surface area contributed by atoms with E-state index in [2.05, 4.69) is 0 Å². The number of primary amides is 1. The molecule has 7 N–H and O–H groups in total. The molecule has 0 aromatic heterocycles. The Bertz CT molecular complexity index is 1450. The van der Waals surface area contributed by atoms with Crippen molar-refractivity contribution in [2.24, 2.45) is 11.5 Å².